The Balaban J connectivity index is 2.32. The van der Waals surface area contributed by atoms with Crippen LogP contribution in [0.2, 0.25) is 0 Å². The van der Waals surface area contributed by atoms with Gasteiger partial charge in [0.2, 0.25) is 0 Å². The van der Waals surface area contributed by atoms with E-state index in [1.807, 2.05) is 7.05 Å². The van der Waals surface area contributed by atoms with E-state index >= 15 is 0 Å². The molecule has 2 aromatic rings. The number of aryl methyl sites for hydroxylation is 1. The van der Waals surface area contributed by atoms with Gasteiger partial charge in [-0.25, -0.2) is 4.98 Å². The van der Waals surface area contributed by atoms with Crippen LogP contribution in [0, 0.1) is 0 Å². The fourth-order valence-electron chi connectivity index (χ4n) is 2.37. The van der Waals surface area contributed by atoms with E-state index in [1.54, 1.807) is 11.3 Å². The minimum atomic E-state index is 0.425. The molecular weight excluding hydrogens is 278 g/mol. The first-order chi connectivity index (χ1) is 10.1. The van der Waals surface area contributed by atoms with Gasteiger partial charge in [-0.3, -0.25) is 0 Å². The van der Waals surface area contributed by atoms with Crippen LogP contribution in [0.1, 0.15) is 36.9 Å². The maximum absolute atomic E-state index is 4.84. The lowest BCUT2D eigenvalue weighted by atomic mass is 10.1. The van der Waals surface area contributed by atoms with Crippen molar-refractivity contribution in [3.8, 4) is 0 Å². The monoisotopic (exact) mass is 303 g/mol. The normalized spacial score (nSPS) is 11.1. The Labute approximate surface area is 132 Å². The van der Waals surface area contributed by atoms with Gasteiger partial charge in [-0.2, -0.15) is 0 Å². The number of nitrogens with zero attached hydrogens (tertiary/aromatic N) is 2. The van der Waals surface area contributed by atoms with Gasteiger partial charge >= 0.3 is 0 Å². The predicted octanol–water partition coefficient (Wildman–Crippen LogP) is 3.84. The van der Waals surface area contributed by atoms with Crippen molar-refractivity contribution in [1.29, 1.82) is 0 Å². The molecule has 0 saturated heterocycles. The lowest BCUT2D eigenvalue weighted by Gasteiger charge is -2.28. The average molecular weight is 303 g/mol. The van der Waals surface area contributed by atoms with E-state index in [1.165, 1.54) is 10.4 Å². The van der Waals surface area contributed by atoms with Crippen LogP contribution in [0.4, 0.5) is 5.82 Å². The summed E-state index contributed by atoms with van der Waals surface area (Å²) in [5.74, 6) is 1.09. The van der Waals surface area contributed by atoms with Crippen LogP contribution in [0.5, 0.6) is 0 Å². The van der Waals surface area contributed by atoms with Crippen molar-refractivity contribution in [3.05, 3.63) is 45.8 Å². The zero-order valence-corrected chi connectivity index (χ0v) is 14.2. The molecule has 2 aromatic heterocycles. The van der Waals surface area contributed by atoms with Gasteiger partial charge in [0.05, 0.1) is 6.54 Å². The third-order valence-electron chi connectivity index (χ3n) is 3.49. The van der Waals surface area contributed by atoms with E-state index in [4.69, 9.17) is 4.98 Å². The second-order valence-corrected chi connectivity index (χ2v) is 6.54. The molecule has 0 fully saturated rings. The van der Waals surface area contributed by atoms with Gasteiger partial charge in [-0.05, 0) is 56.5 Å². The van der Waals surface area contributed by atoms with Crippen LogP contribution >= 0.6 is 11.3 Å². The average Bonchev–Trinajstić information content (AvgIpc) is 2.97. The molecule has 2 rings (SSSR count). The summed E-state index contributed by atoms with van der Waals surface area (Å²) in [7, 11) is 1.98. The highest BCUT2D eigenvalue weighted by atomic mass is 32.1. The standard InChI is InChI=1S/C17H25N3S/c1-5-15-9-14(11-18-4)10-17(19-15)20(13(2)3)12-16-7-6-8-21-16/h6-10,13,18H,5,11-12H2,1-4H3. The van der Waals surface area contributed by atoms with E-state index < -0.39 is 0 Å². The first-order valence-electron chi connectivity index (χ1n) is 7.57. The predicted molar refractivity (Wildman–Crippen MR) is 92.0 cm³/mol. The van der Waals surface area contributed by atoms with Gasteiger partial charge < -0.3 is 10.2 Å². The van der Waals surface area contributed by atoms with Gasteiger partial charge in [0.25, 0.3) is 0 Å². The molecule has 3 nitrogen and oxygen atoms in total. The van der Waals surface area contributed by atoms with E-state index in [0.29, 0.717) is 6.04 Å². The van der Waals surface area contributed by atoms with Crippen molar-refractivity contribution < 1.29 is 0 Å². The molecule has 0 saturated carbocycles. The van der Waals surface area contributed by atoms with Crippen molar-refractivity contribution in [2.24, 2.45) is 0 Å². The Morgan fingerprint density at radius 3 is 2.71 bits per heavy atom. The van der Waals surface area contributed by atoms with Crippen molar-refractivity contribution in [1.82, 2.24) is 10.3 Å². The Bertz CT molecular complexity index is 549. The number of thiophene rings is 1. The first-order valence-corrected chi connectivity index (χ1v) is 8.45. The van der Waals surface area contributed by atoms with Crippen LogP contribution in [0.15, 0.2) is 29.6 Å². The van der Waals surface area contributed by atoms with E-state index in [2.05, 4.69) is 60.6 Å². The molecule has 2 heterocycles. The lowest BCUT2D eigenvalue weighted by Crippen LogP contribution is -2.31. The number of hydrogen-bond acceptors (Lipinski definition) is 4. The maximum atomic E-state index is 4.84. The molecule has 21 heavy (non-hydrogen) atoms. The van der Waals surface area contributed by atoms with Crippen LogP contribution < -0.4 is 10.2 Å². The van der Waals surface area contributed by atoms with E-state index in [9.17, 15) is 0 Å². The van der Waals surface area contributed by atoms with Gasteiger partial charge in [0.15, 0.2) is 0 Å². The largest absolute Gasteiger partial charge is 0.349 e. The number of anilines is 1. The number of pyridine rings is 1. The van der Waals surface area contributed by atoms with Crippen molar-refractivity contribution in [2.75, 3.05) is 11.9 Å². The fourth-order valence-corrected chi connectivity index (χ4v) is 3.07. The highest BCUT2D eigenvalue weighted by Crippen LogP contribution is 2.22. The van der Waals surface area contributed by atoms with Crippen molar-refractivity contribution >= 4 is 17.2 Å². The van der Waals surface area contributed by atoms with E-state index in [-0.39, 0.29) is 0 Å². The summed E-state index contributed by atoms with van der Waals surface area (Å²) in [6.45, 7) is 8.42. The van der Waals surface area contributed by atoms with Crippen LogP contribution in [-0.2, 0) is 19.5 Å². The topological polar surface area (TPSA) is 28.2 Å². The minimum Gasteiger partial charge on any atom is -0.349 e. The fraction of sp³-hybridized carbons (Fsp3) is 0.471. The number of rotatable bonds is 7. The smallest absolute Gasteiger partial charge is 0.129 e. The van der Waals surface area contributed by atoms with Gasteiger partial charge in [0.1, 0.15) is 5.82 Å². The molecule has 4 heteroatoms. The van der Waals surface area contributed by atoms with Gasteiger partial charge in [0, 0.05) is 23.2 Å². The molecular formula is C17H25N3S. The molecule has 0 unspecified atom stereocenters. The molecule has 0 spiro atoms. The molecule has 0 aromatic carbocycles. The zero-order valence-electron chi connectivity index (χ0n) is 13.4. The Hall–Kier alpha value is -1.39. The lowest BCUT2D eigenvalue weighted by molar-refractivity contribution is 0.673. The van der Waals surface area contributed by atoms with Crippen molar-refractivity contribution in [3.63, 3.8) is 0 Å². The summed E-state index contributed by atoms with van der Waals surface area (Å²) >= 11 is 1.81. The number of aromatic nitrogens is 1. The first kappa shape index (κ1) is 16.0. The molecule has 0 bridgehead atoms. The molecule has 0 aliphatic rings. The summed E-state index contributed by atoms with van der Waals surface area (Å²) in [5.41, 5.74) is 2.46. The number of hydrogen-bond donors (Lipinski definition) is 1. The summed E-state index contributed by atoms with van der Waals surface area (Å²) in [5, 5.41) is 5.37. The highest BCUT2D eigenvalue weighted by Gasteiger charge is 2.14. The molecule has 0 amide bonds. The van der Waals surface area contributed by atoms with Crippen molar-refractivity contribution in [2.45, 2.75) is 46.3 Å². The molecule has 0 atom stereocenters. The van der Waals surface area contributed by atoms with Crippen LogP contribution in [0.3, 0.4) is 0 Å². The van der Waals surface area contributed by atoms with Gasteiger partial charge in [-0.1, -0.05) is 13.0 Å². The molecule has 0 radical (unpaired) electrons. The summed E-state index contributed by atoms with van der Waals surface area (Å²) < 4.78 is 0. The summed E-state index contributed by atoms with van der Waals surface area (Å²) in [4.78, 5) is 8.60. The second-order valence-electron chi connectivity index (χ2n) is 5.51. The van der Waals surface area contributed by atoms with Gasteiger partial charge in [-0.15, -0.1) is 11.3 Å². The molecule has 1 N–H and O–H groups in total. The SMILES string of the molecule is CCc1cc(CNC)cc(N(Cc2cccs2)C(C)C)n1. The third-order valence-corrected chi connectivity index (χ3v) is 4.35. The Morgan fingerprint density at radius 1 is 1.33 bits per heavy atom. The second kappa shape index (κ2) is 7.57. The molecule has 0 aliphatic heterocycles. The Morgan fingerprint density at radius 2 is 2.14 bits per heavy atom. The quantitative estimate of drug-likeness (QED) is 0.842. The Kier molecular flexibility index (Phi) is 5.76. The molecule has 0 aliphatic carbocycles. The summed E-state index contributed by atoms with van der Waals surface area (Å²) in [6, 6.07) is 9.14. The van der Waals surface area contributed by atoms with Crippen LogP contribution in [-0.4, -0.2) is 18.1 Å². The zero-order chi connectivity index (χ0) is 15.2. The third kappa shape index (κ3) is 4.29. The highest BCUT2D eigenvalue weighted by molar-refractivity contribution is 7.09. The molecule has 114 valence electrons. The number of nitrogens with one attached hydrogen (secondary N) is 1. The van der Waals surface area contributed by atoms with Crippen LogP contribution in [0.25, 0.3) is 0 Å². The summed E-state index contributed by atoms with van der Waals surface area (Å²) in [6.07, 6.45) is 0.968. The van der Waals surface area contributed by atoms with E-state index in [0.717, 1.165) is 31.0 Å². The maximum Gasteiger partial charge on any atom is 0.129 e. The minimum absolute atomic E-state index is 0.425.